The topological polar surface area (TPSA) is 38.5 Å². The van der Waals surface area contributed by atoms with Gasteiger partial charge >= 0.3 is 0 Å². The minimum Gasteiger partial charge on any atom is -0.423 e. The fraction of sp³-hybridized carbons (Fsp3) is 0.462. The van der Waals surface area contributed by atoms with Gasteiger partial charge in [0.15, 0.2) is 5.58 Å². The normalized spacial score (nSPS) is 24.7. The summed E-state index contributed by atoms with van der Waals surface area (Å²) in [5, 5.41) is 0.661. The van der Waals surface area contributed by atoms with Gasteiger partial charge in [-0.2, -0.15) is 4.98 Å². The highest BCUT2D eigenvalue weighted by molar-refractivity contribution is 6.31. The zero-order chi connectivity index (χ0) is 12.7. The number of rotatable bonds is 1. The number of hydrogen-bond donors (Lipinski definition) is 0. The molecule has 1 aliphatic rings. The predicted octanol–water partition coefficient (Wildman–Crippen LogP) is 3.09. The van der Waals surface area contributed by atoms with Gasteiger partial charge in [-0.05, 0) is 26.0 Å². The molecule has 1 fully saturated rings. The van der Waals surface area contributed by atoms with Crippen molar-refractivity contribution in [3.63, 3.8) is 0 Å². The van der Waals surface area contributed by atoms with Gasteiger partial charge in [0, 0.05) is 24.2 Å². The third-order valence-electron chi connectivity index (χ3n) is 3.03. The van der Waals surface area contributed by atoms with Crippen LogP contribution in [0, 0.1) is 0 Å². The second-order valence-corrected chi connectivity index (χ2v) is 5.21. The van der Waals surface area contributed by atoms with Crippen LogP contribution < -0.4 is 4.90 Å². The Bertz CT molecular complexity index is 559. The van der Waals surface area contributed by atoms with Crippen molar-refractivity contribution in [2.45, 2.75) is 26.1 Å². The van der Waals surface area contributed by atoms with Gasteiger partial charge in [0.1, 0.15) is 5.52 Å². The standard InChI is InChI=1S/C13H15ClN2O2/c1-8-6-16(7-9(2)17-8)13-15-11-4-3-10(14)5-12(11)18-13/h3-5,8-9H,6-7H2,1-2H3. The molecule has 0 bridgehead atoms. The molecule has 5 heteroatoms. The van der Waals surface area contributed by atoms with E-state index in [1.807, 2.05) is 12.1 Å². The van der Waals surface area contributed by atoms with Gasteiger partial charge in [-0.1, -0.05) is 11.6 Å². The Hall–Kier alpha value is -1.26. The van der Waals surface area contributed by atoms with E-state index < -0.39 is 0 Å². The largest absolute Gasteiger partial charge is 0.423 e. The molecule has 1 aliphatic heterocycles. The number of ether oxygens (including phenoxy) is 1. The highest BCUT2D eigenvalue weighted by Crippen LogP contribution is 2.26. The Morgan fingerprint density at radius 1 is 1.28 bits per heavy atom. The first-order chi connectivity index (χ1) is 8.61. The van der Waals surface area contributed by atoms with Crippen LogP contribution in [0.25, 0.3) is 11.1 Å². The van der Waals surface area contributed by atoms with Crippen molar-refractivity contribution in [3.05, 3.63) is 23.2 Å². The number of oxazole rings is 1. The number of fused-ring (bicyclic) bond motifs is 1. The van der Waals surface area contributed by atoms with E-state index in [9.17, 15) is 0 Å². The van der Waals surface area contributed by atoms with Gasteiger partial charge in [-0.15, -0.1) is 0 Å². The maximum absolute atomic E-state index is 5.94. The fourth-order valence-electron chi connectivity index (χ4n) is 2.36. The zero-order valence-electron chi connectivity index (χ0n) is 10.4. The maximum Gasteiger partial charge on any atom is 0.298 e. The smallest absolute Gasteiger partial charge is 0.298 e. The Morgan fingerprint density at radius 2 is 2.00 bits per heavy atom. The van der Waals surface area contributed by atoms with E-state index in [1.165, 1.54) is 0 Å². The summed E-state index contributed by atoms with van der Waals surface area (Å²) in [5.41, 5.74) is 1.56. The van der Waals surface area contributed by atoms with Crippen molar-refractivity contribution in [1.29, 1.82) is 0 Å². The van der Waals surface area contributed by atoms with Gasteiger partial charge in [-0.25, -0.2) is 0 Å². The van der Waals surface area contributed by atoms with E-state index in [0.717, 1.165) is 24.2 Å². The van der Waals surface area contributed by atoms with Crippen LogP contribution in [0.2, 0.25) is 5.02 Å². The third kappa shape index (κ3) is 2.18. The molecule has 0 aliphatic carbocycles. The zero-order valence-corrected chi connectivity index (χ0v) is 11.1. The van der Waals surface area contributed by atoms with Crippen LogP contribution in [0.1, 0.15) is 13.8 Å². The lowest BCUT2D eigenvalue weighted by molar-refractivity contribution is -0.00662. The molecule has 0 amide bonds. The van der Waals surface area contributed by atoms with Crippen LogP contribution in [0.5, 0.6) is 0 Å². The minimum absolute atomic E-state index is 0.187. The van der Waals surface area contributed by atoms with E-state index in [-0.39, 0.29) is 12.2 Å². The highest BCUT2D eigenvalue weighted by Gasteiger charge is 2.25. The van der Waals surface area contributed by atoms with Crippen LogP contribution in [0.4, 0.5) is 6.01 Å². The second-order valence-electron chi connectivity index (χ2n) is 4.77. The predicted molar refractivity (Wildman–Crippen MR) is 71.2 cm³/mol. The summed E-state index contributed by atoms with van der Waals surface area (Å²) in [4.78, 5) is 6.61. The van der Waals surface area contributed by atoms with Crippen LogP contribution in [-0.2, 0) is 4.74 Å². The van der Waals surface area contributed by atoms with Crippen LogP contribution in [-0.4, -0.2) is 30.3 Å². The summed E-state index contributed by atoms with van der Waals surface area (Å²) < 4.78 is 11.5. The molecular weight excluding hydrogens is 252 g/mol. The fourth-order valence-corrected chi connectivity index (χ4v) is 2.52. The molecule has 2 atom stereocenters. The number of aromatic nitrogens is 1. The summed E-state index contributed by atoms with van der Waals surface area (Å²) in [5.74, 6) is 0. The molecule has 4 nitrogen and oxygen atoms in total. The molecule has 0 radical (unpaired) electrons. The number of nitrogens with zero attached hydrogens (tertiary/aromatic N) is 2. The molecule has 2 unspecified atom stereocenters. The van der Waals surface area contributed by atoms with Gasteiger partial charge in [0.2, 0.25) is 0 Å². The first kappa shape index (κ1) is 11.8. The molecule has 2 aromatic rings. The summed E-state index contributed by atoms with van der Waals surface area (Å²) in [6.07, 6.45) is 0.375. The molecule has 3 rings (SSSR count). The molecule has 1 saturated heterocycles. The van der Waals surface area contributed by atoms with E-state index in [0.29, 0.717) is 11.0 Å². The summed E-state index contributed by atoms with van der Waals surface area (Å²) in [6, 6.07) is 6.13. The monoisotopic (exact) mass is 266 g/mol. The van der Waals surface area contributed by atoms with Gasteiger partial charge in [0.05, 0.1) is 12.2 Å². The Labute approximate surface area is 110 Å². The molecular formula is C13H15ClN2O2. The quantitative estimate of drug-likeness (QED) is 0.795. The SMILES string of the molecule is CC1CN(c2nc3ccc(Cl)cc3o2)CC(C)O1. The number of halogens is 1. The van der Waals surface area contributed by atoms with Crippen LogP contribution >= 0.6 is 11.6 Å². The van der Waals surface area contributed by atoms with Crippen LogP contribution in [0.15, 0.2) is 22.6 Å². The average molecular weight is 267 g/mol. The third-order valence-corrected chi connectivity index (χ3v) is 3.26. The van der Waals surface area contributed by atoms with E-state index in [1.54, 1.807) is 6.07 Å². The van der Waals surface area contributed by atoms with E-state index in [4.69, 9.17) is 20.8 Å². The van der Waals surface area contributed by atoms with Crippen molar-refractivity contribution in [1.82, 2.24) is 4.98 Å². The number of benzene rings is 1. The molecule has 0 saturated carbocycles. The van der Waals surface area contributed by atoms with E-state index >= 15 is 0 Å². The van der Waals surface area contributed by atoms with Gasteiger partial charge in [0.25, 0.3) is 6.01 Å². The van der Waals surface area contributed by atoms with E-state index in [2.05, 4.69) is 23.7 Å². The molecule has 0 N–H and O–H groups in total. The van der Waals surface area contributed by atoms with Gasteiger partial charge < -0.3 is 14.1 Å². The van der Waals surface area contributed by atoms with Gasteiger partial charge in [-0.3, -0.25) is 0 Å². The molecule has 96 valence electrons. The minimum atomic E-state index is 0.187. The first-order valence-corrected chi connectivity index (χ1v) is 6.46. The number of morpholine rings is 1. The maximum atomic E-state index is 5.94. The molecule has 0 spiro atoms. The lowest BCUT2D eigenvalue weighted by atomic mass is 10.2. The van der Waals surface area contributed by atoms with Crippen molar-refractivity contribution in [2.24, 2.45) is 0 Å². The van der Waals surface area contributed by atoms with Crippen molar-refractivity contribution >= 4 is 28.7 Å². The molecule has 18 heavy (non-hydrogen) atoms. The second kappa shape index (κ2) is 4.44. The van der Waals surface area contributed by atoms with Crippen molar-refractivity contribution in [2.75, 3.05) is 18.0 Å². The Morgan fingerprint density at radius 3 is 2.72 bits per heavy atom. The molecule has 1 aromatic carbocycles. The lowest BCUT2D eigenvalue weighted by Crippen LogP contribution is -2.45. The average Bonchev–Trinajstić information content (AvgIpc) is 2.70. The number of hydrogen-bond acceptors (Lipinski definition) is 4. The number of anilines is 1. The van der Waals surface area contributed by atoms with Crippen molar-refractivity contribution in [3.8, 4) is 0 Å². The Balaban J connectivity index is 1.93. The highest BCUT2D eigenvalue weighted by atomic mass is 35.5. The first-order valence-electron chi connectivity index (χ1n) is 6.08. The van der Waals surface area contributed by atoms with Crippen LogP contribution in [0.3, 0.4) is 0 Å². The van der Waals surface area contributed by atoms with Crippen molar-refractivity contribution < 1.29 is 9.15 Å². The summed E-state index contributed by atoms with van der Waals surface area (Å²) in [7, 11) is 0. The Kier molecular flexibility index (Phi) is 2.92. The summed E-state index contributed by atoms with van der Waals surface area (Å²) >= 11 is 5.94. The summed E-state index contributed by atoms with van der Waals surface area (Å²) in [6.45, 7) is 5.71. The molecule has 2 heterocycles. The lowest BCUT2D eigenvalue weighted by Gasteiger charge is -2.34. The molecule has 1 aromatic heterocycles.